The van der Waals surface area contributed by atoms with E-state index < -0.39 is 0 Å². The van der Waals surface area contributed by atoms with Gasteiger partial charge in [-0.3, -0.25) is 9.58 Å². The van der Waals surface area contributed by atoms with Crippen molar-refractivity contribution in [2.45, 2.75) is 52.1 Å². The Morgan fingerprint density at radius 2 is 2.08 bits per heavy atom. The molecule has 1 aliphatic heterocycles. The van der Waals surface area contributed by atoms with Gasteiger partial charge in [0.25, 0.3) is 0 Å². The van der Waals surface area contributed by atoms with Crippen molar-refractivity contribution in [1.82, 2.24) is 29.3 Å². The van der Waals surface area contributed by atoms with E-state index >= 15 is 0 Å². The third kappa shape index (κ3) is 3.58. The van der Waals surface area contributed by atoms with Gasteiger partial charge in [0.15, 0.2) is 5.65 Å². The van der Waals surface area contributed by atoms with E-state index in [1.54, 1.807) is 0 Å². The van der Waals surface area contributed by atoms with Crippen molar-refractivity contribution in [1.29, 1.82) is 0 Å². The van der Waals surface area contributed by atoms with E-state index in [1.807, 2.05) is 29.9 Å². The van der Waals surface area contributed by atoms with Crippen LogP contribution in [0.25, 0.3) is 5.65 Å². The average Bonchev–Trinajstić information content (AvgIpc) is 3.20. The van der Waals surface area contributed by atoms with E-state index in [9.17, 15) is 0 Å². The Labute approximate surface area is 148 Å². The summed E-state index contributed by atoms with van der Waals surface area (Å²) in [4.78, 5) is 7.35. The Hall–Kier alpha value is -2.21. The first-order valence-electron chi connectivity index (χ1n) is 9.28. The zero-order valence-corrected chi connectivity index (χ0v) is 15.1. The monoisotopic (exact) mass is 338 g/mol. The van der Waals surface area contributed by atoms with Gasteiger partial charge in [0.1, 0.15) is 0 Å². The van der Waals surface area contributed by atoms with Gasteiger partial charge in [0.2, 0.25) is 0 Å². The lowest BCUT2D eigenvalue weighted by atomic mass is 9.93. The van der Waals surface area contributed by atoms with Crippen molar-refractivity contribution in [3.05, 3.63) is 47.7 Å². The molecule has 0 N–H and O–H groups in total. The molecule has 1 aliphatic rings. The van der Waals surface area contributed by atoms with E-state index in [1.165, 1.54) is 24.1 Å². The molecule has 4 rings (SSSR count). The Balaban J connectivity index is 1.36. The summed E-state index contributed by atoms with van der Waals surface area (Å²) in [6.45, 7) is 8.44. The van der Waals surface area contributed by atoms with Crippen molar-refractivity contribution in [3.63, 3.8) is 0 Å². The van der Waals surface area contributed by atoms with E-state index in [2.05, 4.69) is 39.0 Å². The second-order valence-electron chi connectivity index (χ2n) is 7.10. The van der Waals surface area contributed by atoms with Crippen LogP contribution in [0, 0.1) is 6.92 Å². The molecule has 0 aromatic carbocycles. The highest BCUT2D eigenvalue weighted by atomic mass is 15.3. The van der Waals surface area contributed by atoms with Gasteiger partial charge in [-0.15, -0.1) is 0 Å². The molecule has 0 spiro atoms. The Morgan fingerprint density at radius 3 is 2.88 bits per heavy atom. The fourth-order valence-electron chi connectivity index (χ4n) is 3.72. The molecule has 0 radical (unpaired) electrons. The topological polar surface area (TPSA) is 51.2 Å². The van der Waals surface area contributed by atoms with Gasteiger partial charge in [0.05, 0.1) is 11.9 Å². The van der Waals surface area contributed by atoms with Crippen LogP contribution in [0.4, 0.5) is 0 Å². The van der Waals surface area contributed by atoms with E-state index in [0.717, 1.165) is 43.9 Å². The van der Waals surface area contributed by atoms with Gasteiger partial charge in [-0.25, -0.2) is 9.50 Å². The third-order valence-corrected chi connectivity index (χ3v) is 5.02. The molecule has 0 atom stereocenters. The number of aryl methyl sites for hydroxylation is 2. The summed E-state index contributed by atoms with van der Waals surface area (Å²) in [6, 6.07) is 4.18. The van der Waals surface area contributed by atoms with E-state index in [0.29, 0.717) is 5.92 Å². The molecule has 25 heavy (non-hydrogen) atoms. The summed E-state index contributed by atoms with van der Waals surface area (Å²) < 4.78 is 3.91. The second kappa shape index (κ2) is 6.96. The van der Waals surface area contributed by atoms with Crippen LogP contribution < -0.4 is 0 Å². The van der Waals surface area contributed by atoms with Crippen molar-refractivity contribution in [3.8, 4) is 0 Å². The van der Waals surface area contributed by atoms with Crippen LogP contribution in [0.3, 0.4) is 0 Å². The zero-order valence-electron chi connectivity index (χ0n) is 15.1. The van der Waals surface area contributed by atoms with Gasteiger partial charge in [0, 0.05) is 48.7 Å². The van der Waals surface area contributed by atoms with Crippen molar-refractivity contribution in [2.24, 2.45) is 0 Å². The molecule has 0 bridgehead atoms. The summed E-state index contributed by atoms with van der Waals surface area (Å²) in [5.41, 5.74) is 4.51. The van der Waals surface area contributed by atoms with Crippen LogP contribution in [-0.4, -0.2) is 42.4 Å². The maximum Gasteiger partial charge on any atom is 0.155 e. The lowest BCUT2D eigenvalue weighted by Gasteiger charge is -2.31. The molecule has 1 fully saturated rings. The second-order valence-corrected chi connectivity index (χ2v) is 7.10. The minimum atomic E-state index is 0.555. The van der Waals surface area contributed by atoms with Gasteiger partial charge in [-0.2, -0.15) is 10.2 Å². The fraction of sp³-hybridized carbons (Fsp3) is 0.526. The Bertz CT molecular complexity index is 841. The molecule has 4 heterocycles. The third-order valence-electron chi connectivity index (χ3n) is 5.02. The molecule has 6 nitrogen and oxygen atoms in total. The maximum atomic E-state index is 4.82. The van der Waals surface area contributed by atoms with Crippen LogP contribution in [-0.2, 0) is 13.1 Å². The van der Waals surface area contributed by atoms with Gasteiger partial charge in [-0.1, -0.05) is 6.92 Å². The molecule has 0 amide bonds. The lowest BCUT2D eigenvalue weighted by molar-refractivity contribution is 0.203. The molecule has 3 aromatic rings. The SMILES string of the molecule is CCCn1cc(CN2CCC(c3ccn4nc(C)cc4n3)CC2)cn1. The number of rotatable bonds is 5. The summed E-state index contributed by atoms with van der Waals surface area (Å²) in [5.74, 6) is 0.555. The van der Waals surface area contributed by atoms with E-state index in [-0.39, 0.29) is 0 Å². The standard InChI is InChI=1S/C19H26N6/c1-3-7-24-14-16(12-20-24)13-23-8-4-17(5-9-23)18-6-10-25-19(21-18)11-15(2)22-25/h6,10-12,14,17H,3-5,7-9,13H2,1-2H3. The highest BCUT2D eigenvalue weighted by Gasteiger charge is 2.22. The number of hydrogen-bond donors (Lipinski definition) is 0. The van der Waals surface area contributed by atoms with Gasteiger partial charge < -0.3 is 0 Å². The summed E-state index contributed by atoms with van der Waals surface area (Å²) in [6.07, 6.45) is 9.70. The first-order chi connectivity index (χ1) is 12.2. The highest BCUT2D eigenvalue weighted by molar-refractivity contribution is 5.39. The highest BCUT2D eigenvalue weighted by Crippen LogP contribution is 2.27. The maximum absolute atomic E-state index is 4.82. The minimum absolute atomic E-state index is 0.555. The van der Waals surface area contributed by atoms with Crippen LogP contribution in [0.15, 0.2) is 30.7 Å². The molecular weight excluding hydrogens is 312 g/mol. The largest absolute Gasteiger partial charge is 0.299 e. The predicted molar refractivity (Wildman–Crippen MR) is 97.5 cm³/mol. The summed E-state index contributed by atoms with van der Waals surface area (Å²) in [7, 11) is 0. The summed E-state index contributed by atoms with van der Waals surface area (Å²) >= 11 is 0. The molecule has 132 valence electrons. The number of aromatic nitrogens is 5. The molecule has 0 unspecified atom stereocenters. The Kier molecular flexibility index (Phi) is 4.53. The number of piperidine rings is 1. The smallest absolute Gasteiger partial charge is 0.155 e. The predicted octanol–water partition coefficient (Wildman–Crippen LogP) is 3.02. The zero-order chi connectivity index (χ0) is 17.2. The van der Waals surface area contributed by atoms with Crippen LogP contribution >= 0.6 is 0 Å². The van der Waals surface area contributed by atoms with E-state index in [4.69, 9.17) is 4.98 Å². The first kappa shape index (κ1) is 16.3. The lowest BCUT2D eigenvalue weighted by Crippen LogP contribution is -2.32. The molecule has 0 aliphatic carbocycles. The van der Waals surface area contributed by atoms with Crippen molar-refractivity contribution in [2.75, 3.05) is 13.1 Å². The number of nitrogens with zero attached hydrogens (tertiary/aromatic N) is 6. The molecule has 0 saturated carbocycles. The van der Waals surface area contributed by atoms with Crippen LogP contribution in [0.2, 0.25) is 0 Å². The number of likely N-dealkylation sites (tertiary alicyclic amines) is 1. The van der Waals surface area contributed by atoms with Gasteiger partial charge >= 0.3 is 0 Å². The molecular formula is C19H26N6. The normalized spacial score (nSPS) is 16.7. The molecule has 3 aromatic heterocycles. The van der Waals surface area contributed by atoms with Gasteiger partial charge in [-0.05, 0) is 45.3 Å². The molecule has 1 saturated heterocycles. The minimum Gasteiger partial charge on any atom is -0.299 e. The Morgan fingerprint density at radius 1 is 1.24 bits per heavy atom. The molecule has 6 heteroatoms. The van der Waals surface area contributed by atoms with Crippen LogP contribution in [0.5, 0.6) is 0 Å². The van der Waals surface area contributed by atoms with Crippen LogP contribution in [0.1, 0.15) is 49.1 Å². The number of hydrogen-bond acceptors (Lipinski definition) is 4. The summed E-state index contributed by atoms with van der Waals surface area (Å²) in [5, 5.41) is 8.85. The number of fused-ring (bicyclic) bond motifs is 1. The first-order valence-corrected chi connectivity index (χ1v) is 9.28. The van der Waals surface area contributed by atoms with Crippen molar-refractivity contribution >= 4 is 5.65 Å². The fourth-order valence-corrected chi connectivity index (χ4v) is 3.72. The average molecular weight is 338 g/mol. The van der Waals surface area contributed by atoms with Crippen molar-refractivity contribution < 1.29 is 0 Å². The quantitative estimate of drug-likeness (QED) is 0.717.